The van der Waals surface area contributed by atoms with Gasteiger partial charge in [-0.1, -0.05) is 12.1 Å². The number of fused-ring (bicyclic) bond motifs is 2. The molecular weight excluding hydrogens is 350 g/mol. The van der Waals surface area contributed by atoms with Crippen molar-refractivity contribution in [2.75, 3.05) is 25.2 Å². The highest BCUT2D eigenvalue weighted by Gasteiger charge is 2.34. The van der Waals surface area contributed by atoms with Gasteiger partial charge in [-0.15, -0.1) is 0 Å². The lowest BCUT2D eigenvalue weighted by atomic mass is 10.1. The van der Waals surface area contributed by atoms with Crippen LogP contribution in [0.5, 0.6) is 11.5 Å². The molecule has 2 aromatic rings. The van der Waals surface area contributed by atoms with Crippen molar-refractivity contribution < 1.29 is 23.9 Å². The zero-order chi connectivity index (χ0) is 18.8. The summed E-state index contributed by atoms with van der Waals surface area (Å²) >= 11 is 0. The van der Waals surface area contributed by atoms with Gasteiger partial charge in [-0.05, 0) is 30.7 Å². The summed E-state index contributed by atoms with van der Waals surface area (Å²) in [6.07, 6.45) is 0.458. The van der Waals surface area contributed by atoms with Crippen LogP contribution < -0.4 is 20.1 Å². The van der Waals surface area contributed by atoms with Gasteiger partial charge in [0, 0.05) is 24.8 Å². The Morgan fingerprint density at radius 1 is 1.00 bits per heavy atom. The minimum Gasteiger partial charge on any atom is -0.454 e. The molecule has 0 spiro atoms. The van der Waals surface area contributed by atoms with Crippen molar-refractivity contribution in [2.45, 2.75) is 6.42 Å². The van der Waals surface area contributed by atoms with Gasteiger partial charge in [-0.25, -0.2) is 4.79 Å². The van der Waals surface area contributed by atoms with Crippen molar-refractivity contribution in [1.29, 1.82) is 0 Å². The summed E-state index contributed by atoms with van der Waals surface area (Å²) in [6, 6.07) is 11.5. The number of amides is 4. The van der Waals surface area contributed by atoms with Crippen LogP contribution in [-0.2, 0) is 0 Å². The van der Waals surface area contributed by atoms with Crippen molar-refractivity contribution in [3.63, 3.8) is 0 Å². The Morgan fingerprint density at radius 3 is 2.44 bits per heavy atom. The first-order chi connectivity index (χ1) is 13.1. The monoisotopic (exact) mass is 367 g/mol. The van der Waals surface area contributed by atoms with E-state index in [1.54, 1.807) is 42.5 Å². The van der Waals surface area contributed by atoms with Gasteiger partial charge >= 0.3 is 6.03 Å². The smallest absolute Gasteiger partial charge is 0.319 e. The molecule has 0 bridgehead atoms. The van der Waals surface area contributed by atoms with E-state index in [1.165, 1.54) is 4.90 Å². The van der Waals surface area contributed by atoms with E-state index in [1.807, 2.05) is 0 Å². The van der Waals surface area contributed by atoms with Crippen molar-refractivity contribution in [2.24, 2.45) is 0 Å². The molecule has 8 nitrogen and oxygen atoms in total. The van der Waals surface area contributed by atoms with Crippen LogP contribution in [0.25, 0.3) is 0 Å². The average Bonchev–Trinajstić information content (AvgIpc) is 3.23. The van der Waals surface area contributed by atoms with E-state index in [2.05, 4.69) is 10.6 Å². The van der Waals surface area contributed by atoms with E-state index >= 15 is 0 Å². The molecule has 0 fully saturated rings. The van der Waals surface area contributed by atoms with Gasteiger partial charge in [0.05, 0.1) is 11.1 Å². The number of nitrogens with zero attached hydrogens (tertiary/aromatic N) is 1. The fourth-order valence-corrected chi connectivity index (χ4v) is 3.03. The Balaban J connectivity index is 1.24. The Labute approximate surface area is 155 Å². The second kappa shape index (κ2) is 6.99. The summed E-state index contributed by atoms with van der Waals surface area (Å²) in [4.78, 5) is 37.7. The van der Waals surface area contributed by atoms with E-state index in [-0.39, 0.29) is 31.2 Å². The van der Waals surface area contributed by atoms with Crippen molar-refractivity contribution in [3.8, 4) is 11.5 Å². The molecule has 138 valence electrons. The molecule has 0 saturated heterocycles. The maximum absolute atomic E-state index is 12.3. The van der Waals surface area contributed by atoms with Crippen LogP contribution in [0.3, 0.4) is 0 Å². The first kappa shape index (κ1) is 16.9. The van der Waals surface area contributed by atoms with E-state index in [0.29, 0.717) is 41.3 Å². The highest BCUT2D eigenvalue weighted by molar-refractivity contribution is 6.21. The first-order valence-electron chi connectivity index (χ1n) is 8.53. The summed E-state index contributed by atoms with van der Waals surface area (Å²) in [5, 5.41) is 5.40. The Hall–Kier alpha value is -3.55. The third-order valence-corrected chi connectivity index (χ3v) is 4.35. The van der Waals surface area contributed by atoms with E-state index < -0.39 is 0 Å². The molecule has 0 saturated carbocycles. The lowest BCUT2D eigenvalue weighted by Gasteiger charge is -2.14. The van der Waals surface area contributed by atoms with Crippen molar-refractivity contribution in [3.05, 3.63) is 53.6 Å². The quantitative estimate of drug-likeness (QED) is 0.624. The SMILES string of the molecule is O=C(NCCCN1C(=O)c2ccccc2C1=O)Nc1ccc2c(c1)OCO2. The van der Waals surface area contributed by atoms with Crippen LogP contribution in [0.2, 0.25) is 0 Å². The number of hydrogen-bond acceptors (Lipinski definition) is 5. The molecule has 8 heteroatoms. The molecule has 0 unspecified atom stereocenters. The summed E-state index contributed by atoms with van der Waals surface area (Å²) < 4.78 is 10.5. The number of ether oxygens (including phenoxy) is 2. The van der Waals surface area contributed by atoms with Gasteiger partial charge in [0.2, 0.25) is 6.79 Å². The lowest BCUT2D eigenvalue weighted by Crippen LogP contribution is -2.35. The molecule has 2 aliphatic rings. The van der Waals surface area contributed by atoms with Crippen LogP contribution >= 0.6 is 0 Å². The first-order valence-corrected chi connectivity index (χ1v) is 8.53. The van der Waals surface area contributed by atoms with E-state index in [0.717, 1.165) is 0 Å². The summed E-state index contributed by atoms with van der Waals surface area (Å²) in [5.41, 5.74) is 1.43. The summed E-state index contributed by atoms with van der Waals surface area (Å²) in [6.45, 7) is 0.739. The molecule has 2 heterocycles. The van der Waals surface area contributed by atoms with Gasteiger partial charge in [0.15, 0.2) is 11.5 Å². The van der Waals surface area contributed by atoms with Crippen LogP contribution in [-0.4, -0.2) is 42.6 Å². The van der Waals surface area contributed by atoms with E-state index in [9.17, 15) is 14.4 Å². The highest BCUT2D eigenvalue weighted by atomic mass is 16.7. The predicted octanol–water partition coefficient (Wildman–Crippen LogP) is 2.22. The number of imide groups is 1. The molecule has 4 amide bonds. The summed E-state index contributed by atoms with van der Waals surface area (Å²) in [5.74, 6) is 0.640. The molecule has 4 rings (SSSR count). The molecule has 0 atom stereocenters. The molecule has 0 radical (unpaired) electrons. The second-order valence-electron chi connectivity index (χ2n) is 6.11. The highest BCUT2D eigenvalue weighted by Crippen LogP contribution is 2.34. The zero-order valence-corrected chi connectivity index (χ0v) is 14.4. The van der Waals surface area contributed by atoms with Gasteiger partial charge < -0.3 is 20.1 Å². The number of carbonyl (C=O) groups excluding carboxylic acids is 3. The normalized spacial score (nSPS) is 14.3. The lowest BCUT2D eigenvalue weighted by molar-refractivity contribution is 0.0653. The number of carbonyl (C=O) groups is 3. The maximum Gasteiger partial charge on any atom is 0.319 e. The Kier molecular flexibility index (Phi) is 4.37. The fraction of sp³-hybridized carbons (Fsp3) is 0.211. The topological polar surface area (TPSA) is 97.0 Å². The maximum atomic E-state index is 12.3. The molecule has 27 heavy (non-hydrogen) atoms. The number of anilines is 1. The van der Waals surface area contributed by atoms with Gasteiger partial charge in [-0.2, -0.15) is 0 Å². The Morgan fingerprint density at radius 2 is 1.70 bits per heavy atom. The minimum atomic E-state index is -0.378. The molecule has 0 aliphatic carbocycles. The number of rotatable bonds is 5. The van der Waals surface area contributed by atoms with Crippen molar-refractivity contribution in [1.82, 2.24) is 10.2 Å². The van der Waals surface area contributed by atoms with E-state index in [4.69, 9.17) is 9.47 Å². The van der Waals surface area contributed by atoms with Gasteiger partial charge in [-0.3, -0.25) is 14.5 Å². The number of benzene rings is 2. The van der Waals surface area contributed by atoms with Gasteiger partial charge in [0.25, 0.3) is 11.8 Å². The largest absolute Gasteiger partial charge is 0.454 e. The third kappa shape index (κ3) is 3.29. The number of urea groups is 1. The molecule has 2 aliphatic heterocycles. The third-order valence-electron chi connectivity index (χ3n) is 4.35. The van der Waals surface area contributed by atoms with Crippen molar-refractivity contribution >= 4 is 23.5 Å². The average molecular weight is 367 g/mol. The minimum absolute atomic E-state index is 0.169. The zero-order valence-electron chi connectivity index (χ0n) is 14.4. The van der Waals surface area contributed by atoms with Crippen LogP contribution in [0.4, 0.5) is 10.5 Å². The molecular formula is C19H17N3O5. The molecule has 2 aromatic carbocycles. The van der Waals surface area contributed by atoms with Gasteiger partial charge in [0.1, 0.15) is 0 Å². The molecule has 0 aromatic heterocycles. The van der Waals surface area contributed by atoms with Crippen LogP contribution in [0.15, 0.2) is 42.5 Å². The number of hydrogen-bond donors (Lipinski definition) is 2. The second-order valence-corrected chi connectivity index (χ2v) is 6.11. The molecule has 2 N–H and O–H groups in total. The summed E-state index contributed by atoms with van der Waals surface area (Å²) in [7, 11) is 0. The van der Waals surface area contributed by atoms with Crippen LogP contribution in [0, 0.1) is 0 Å². The fourth-order valence-electron chi connectivity index (χ4n) is 3.03. The standard InChI is InChI=1S/C19H17N3O5/c23-17-13-4-1-2-5-14(13)18(24)22(17)9-3-8-20-19(25)21-12-6-7-15-16(10-12)27-11-26-15/h1-2,4-7,10H,3,8-9,11H2,(H2,20,21,25). The Bertz CT molecular complexity index is 892. The predicted molar refractivity (Wildman–Crippen MR) is 96.0 cm³/mol. The van der Waals surface area contributed by atoms with Crippen LogP contribution in [0.1, 0.15) is 27.1 Å². The number of nitrogens with one attached hydrogen (secondary N) is 2.